The number of carboxylic acid groups (broad SMARTS) is 1. The first kappa shape index (κ1) is 35.9. The van der Waals surface area contributed by atoms with Gasteiger partial charge in [0.1, 0.15) is 5.78 Å². The maximum absolute atomic E-state index is 14.3. The van der Waals surface area contributed by atoms with Crippen LogP contribution in [0.25, 0.3) is 49.2 Å². The van der Waals surface area contributed by atoms with Gasteiger partial charge in [-0.1, -0.05) is 11.6 Å². The molecule has 1 aliphatic rings. The van der Waals surface area contributed by atoms with E-state index in [9.17, 15) is 39.6 Å². The average molecular weight is 700 g/mol. The molecule has 0 aromatic heterocycles. The van der Waals surface area contributed by atoms with Crippen molar-refractivity contribution in [1.82, 2.24) is 0 Å². The number of unbranched alkanes of at least 4 members (excludes halogenated alkanes) is 1. The number of Topliss-reactive ketones (excluding diaryl/α,β-unsaturated/α-hetero) is 1. The standard InChI is InChI=1S/C39H41NO11/c1-18-13-23-22(7-5-6-8-26(46)47)37(40-9-10-51-12-11-49-3)31-24(44)14-20(16-41)28-29-21(17-42)15-25(45)32-34(29)35(30(23)33(28)31)36(27(18)19(2)43)39(50-4)38(32)48/h13-15,27,40-42,48H,5-12,16-17H2,1-4H3,(H,46,47). The van der Waals surface area contributed by atoms with Crippen LogP contribution < -0.4 is 20.9 Å². The van der Waals surface area contributed by atoms with Crippen LogP contribution >= 0.6 is 0 Å². The number of aliphatic hydroxyl groups is 2. The summed E-state index contributed by atoms with van der Waals surface area (Å²) in [5.74, 6) is -2.60. The number of aliphatic hydroxyl groups excluding tert-OH is 2. The number of carbonyl (C=O) groups excluding carboxylic acids is 1. The van der Waals surface area contributed by atoms with Crippen molar-refractivity contribution in [3.05, 3.63) is 66.0 Å². The van der Waals surface area contributed by atoms with Gasteiger partial charge in [0, 0.05) is 42.1 Å². The Morgan fingerprint density at radius 3 is 2.08 bits per heavy atom. The minimum absolute atomic E-state index is 0.0474. The van der Waals surface area contributed by atoms with E-state index in [-0.39, 0.29) is 46.5 Å². The van der Waals surface area contributed by atoms with Gasteiger partial charge in [-0.25, -0.2) is 0 Å². The molecule has 0 radical (unpaired) electrons. The zero-order chi connectivity index (χ0) is 36.7. The van der Waals surface area contributed by atoms with E-state index >= 15 is 0 Å². The molecule has 51 heavy (non-hydrogen) atoms. The van der Waals surface area contributed by atoms with E-state index in [1.165, 1.54) is 26.2 Å². The summed E-state index contributed by atoms with van der Waals surface area (Å²) >= 11 is 0. The Bertz CT molecular complexity index is 2350. The first-order valence-electron chi connectivity index (χ1n) is 16.9. The minimum atomic E-state index is -0.927. The van der Waals surface area contributed by atoms with Gasteiger partial charge < -0.3 is 40.0 Å². The van der Waals surface area contributed by atoms with Gasteiger partial charge in [0.25, 0.3) is 0 Å². The molecule has 0 fully saturated rings. The van der Waals surface area contributed by atoms with Crippen LogP contribution in [0.15, 0.2) is 27.3 Å². The molecule has 0 aliphatic heterocycles. The number of ether oxygens (including phenoxy) is 3. The number of allylic oxidation sites excluding steroid dienone is 1. The van der Waals surface area contributed by atoms with Crippen molar-refractivity contribution < 1.29 is 44.2 Å². The molecule has 0 spiro atoms. The number of hydrogen-bond acceptors (Lipinski definition) is 11. The molecule has 6 rings (SSSR count). The summed E-state index contributed by atoms with van der Waals surface area (Å²) < 4.78 is 16.6. The fourth-order valence-electron chi connectivity index (χ4n) is 8.04. The monoisotopic (exact) mass is 699 g/mol. The smallest absolute Gasteiger partial charge is 0.303 e. The number of carboxylic acids is 1. The van der Waals surface area contributed by atoms with E-state index in [2.05, 4.69) is 5.32 Å². The van der Waals surface area contributed by atoms with E-state index < -0.39 is 36.3 Å². The SMILES string of the molecule is COCCOCCNc1c(CCCCC(=O)O)c2c3c4c(c(OC)c(O)c5c(=O)cc(CO)c(c6c(CO)cc(=O)c1c63)c54)C(C(C)=O)C(C)=C2. The van der Waals surface area contributed by atoms with Crippen LogP contribution in [0.2, 0.25) is 0 Å². The van der Waals surface area contributed by atoms with Gasteiger partial charge in [0.05, 0.1) is 56.8 Å². The molecule has 5 aromatic rings. The van der Waals surface area contributed by atoms with E-state index in [0.29, 0.717) is 105 Å². The highest BCUT2D eigenvalue weighted by molar-refractivity contribution is 6.39. The number of benzene rings is 5. The van der Waals surface area contributed by atoms with Crippen molar-refractivity contribution in [2.75, 3.05) is 45.9 Å². The minimum Gasteiger partial charge on any atom is -0.504 e. The van der Waals surface area contributed by atoms with Crippen LogP contribution in [0.3, 0.4) is 0 Å². The highest BCUT2D eigenvalue weighted by atomic mass is 16.5. The normalized spacial score (nSPS) is 14.2. The molecule has 1 atom stereocenters. The number of carbonyl (C=O) groups is 2. The summed E-state index contributed by atoms with van der Waals surface area (Å²) in [4.78, 5) is 53.2. The second-order valence-corrected chi connectivity index (χ2v) is 13.0. The summed E-state index contributed by atoms with van der Waals surface area (Å²) in [5.41, 5.74) is 2.35. The molecule has 268 valence electrons. The van der Waals surface area contributed by atoms with Gasteiger partial charge >= 0.3 is 5.97 Å². The average Bonchev–Trinajstić information content (AvgIpc) is 3.22. The number of fused-ring (bicyclic) bond motifs is 1. The predicted octanol–water partition coefficient (Wildman–Crippen LogP) is 4.56. The number of anilines is 1. The Kier molecular flexibility index (Phi) is 10.1. The van der Waals surface area contributed by atoms with Gasteiger partial charge in [-0.05, 0) is 89.0 Å². The summed E-state index contributed by atoms with van der Waals surface area (Å²) in [7, 11) is 2.92. The summed E-state index contributed by atoms with van der Waals surface area (Å²) in [5, 5.41) is 48.7. The lowest BCUT2D eigenvalue weighted by Gasteiger charge is -2.26. The number of methoxy groups -OCH3 is 2. The summed E-state index contributed by atoms with van der Waals surface area (Å²) in [6.07, 6.45) is 3.01. The van der Waals surface area contributed by atoms with Crippen LogP contribution in [-0.2, 0) is 38.7 Å². The molecule has 0 saturated carbocycles. The van der Waals surface area contributed by atoms with E-state index in [4.69, 9.17) is 14.2 Å². The van der Waals surface area contributed by atoms with Crippen molar-refractivity contribution in [2.45, 2.75) is 58.7 Å². The summed E-state index contributed by atoms with van der Waals surface area (Å²) in [6.45, 7) is 3.48. The highest BCUT2D eigenvalue weighted by Crippen LogP contribution is 2.56. The molecule has 12 heteroatoms. The molecule has 0 bridgehead atoms. The molecule has 5 N–H and O–H groups in total. The van der Waals surface area contributed by atoms with Gasteiger partial charge in [0.15, 0.2) is 22.4 Å². The van der Waals surface area contributed by atoms with Gasteiger partial charge in [-0.2, -0.15) is 0 Å². The lowest BCUT2D eigenvalue weighted by Crippen LogP contribution is -2.17. The fraction of sp³-hybridized carbons (Fsp3) is 0.385. The molecule has 0 amide bonds. The fourth-order valence-corrected chi connectivity index (χ4v) is 8.04. The second-order valence-electron chi connectivity index (χ2n) is 13.0. The number of phenolic OH excluding ortho intramolecular Hbond substituents is 1. The zero-order valence-electron chi connectivity index (χ0n) is 29.0. The molecule has 0 saturated heterocycles. The largest absolute Gasteiger partial charge is 0.504 e. The van der Waals surface area contributed by atoms with Crippen LogP contribution in [-0.4, -0.2) is 72.8 Å². The lowest BCUT2D eigenvalue weighted by atomic mass is 9.78. The maximum Gasteiger partial charge on any atom is 0.303 e. The van der Waals surface area contributed by atoms with E-state index in [1.54, 1.807) is 14.0 Å². The lowest BCUT2D eigenvalue weighted by molar-refractivity contribution is -0.137. The highest BCUT2D eigenvalue weighted by Gasteiger charge is 2.36. The first-order valence-corrected chi connectivity index (χ1v) is 16.9. The Morgan fingerprint density at radius 1 is 0.843 bits per heavy atom. The molecular formula is C39H41NO11. The molecule has 1 unspecified atom stereocenters. The maximum atomic E-state index is 14.3. The molecule has 12 nitrogen and oxygen atoms in total. The van der Waals surface area contributed by atoms with Crippen molar-refractivity contribution >= 4 is 66.6 Å². The van der Waals surface area contributed by atoms with Crippen LogP contribution in [0.4, 0.5) is 5.69 Å². The third-order valence-corrected chi connectivity index (χ3v) is 9.97. The second kappa shape index (κ2) is 14.4. The zero-order valence-corrected chi connectivity index (χ0v) is 29.0. The third-order valence-electron chi connectivity index (χ3n) is 9.97. The Hall–Kier alpha value is -4.88. The number of ketones is 1. The van der Waals surface area contributed by atoms with Gasteiger partial charge in [-0.15, -0.1) is 0 Å². The summed E-state index contributed by atoms with van der Waals surface area (Å²) in [6, 6.07) is 2.59. The molecule has 0 heterocycles. The van der Waals surface area contributed by atoms with Crippen molar-refractivity contribution in [3.8, 4) is 11.5 Å². The first-order chi connectivity index (χ1) is 24.5. The molecule has 1 aliphatic carbocycles. The van der Waals surface area contributed by atoms with Gasteiger partial charge in [-0.3, -0.25) is 19.2 Å². The number of aliphatic carboxylic acids is 1. The van der Waals surface area contributed by atoms with E-state index in [1.807, 2.05) is 6.08 Å². The van der Waals surface area contributed by atoms with E-state index in [0.717, 1.165) is 0 Å². The van der Waals surface area contributed by atoms with Crippen LogP contribution in [0, 0.1) is 0 Å². The van der Waals surface area contributed by atoms with Crippen LogP contribution in [0.5, 0.6) is 11.5 Å². The number of phenols is 1. The van der Waals surface area contributed by atoms with Crippen LogP contribution in [0.1, 0.15) is 66.8 Å². The quantitative estimate of drug-likeness (QED) is 0.0550. The Balaban J connectivity index is 1.90. The third kappa shape index (κ3) is 5.81. The predicted molar refractivity (Wildman–Crippen MR) is 195 cm³/mol. The number of hydrogen-bond donors (Lipinski definition) is 5. The Morgan fingerprint density at radius 2 is 1.49 bits per heavy atom. The van der Waals surface area contributed by atoms with Gasteiger partial charge in [0.2, 0.25) is 0 Å². The number of rotatable bonds is 16. The Labute approximate surface area is 292 Å². The van der Waals surface area contributed by atoms with Crippen molar-refractivity contribution in [1.29, 1.82) is 0 Å². The topological polar surface area (TPSA) is 189 Å². The molecular weight excluding hydrogens is 658 g/mol. The number of nitrogens with one attached hydrogen (secondary N) is 1. The van der Waals surface area contributed by atoms with Crippen molar-refractivity contribution in [3.63, 3.8) is 0 Å². The number of aromatic hydroxyl groups is 1. The van der Waals surface area contributed by atoms with Crippen molar-refractivity contribution in [2.24, 2.45) is 0 Å². The molecule has 5 aromatic carbocycles.